The van der Waals surface area contributed by atoms with Crippen molar-refractivity contribution in [2.45, 2.75) is 30.8 Å². The number of aromatic nitrogens is 3. The van der Waals surface area contributed by atoms with E-state index >= 15 is 0 Å². The number of carbonyl (C=O) groups is 1. The van der Waals surface area contributed by atoms with E-state index in [0.29, 0.717) is 23.8 Å². The van der Waals surface area contributed by atoms with Crippen LogP contribution in [-0.4, -0.2) is 27.8 Å². The predicted molar refractivity (Wildman–Crippen MR) is 86.4 cm³/mol. The van der Waals surface area contributed by atoms with Crippen molar-refractivity contribution in [3.8, 4) is 0 Å². The quantitative estimate of drug-likeness (QED) is 0.870. The molecule has 9 heteroatoms. The van der Waals surface area contributed by atoms with Crippen LogP contribution in [0.5, 0.6) is 0 Å². The van der Waals surface area contributed by atoms with Crippen molar-refractivity contribution in [1.29, 1.82) is 0 Å². The fourth-order valence-electron chi connectivity index (χ4n) is 3.14. The lowest BCUT2D eigenvalue weighted by molar-refractivity contribution is 0.243. The average molecular weight is 341 g/mol. The van der Waals surface area contributed by atoms with Crippen LogP contribution in [-0.2, 0) is 5.41 Å². The van der Waals surface area contributed by atoms with Crippen molar-refractivity contribution in [3.63, 3.8) is 0 Å². The summed E-state index contributed by atoms with van der Waals surface area (Å²) in [5.41, 5.74) is 0.709. The van der Waals surface area contributed by atoms with E-state index in [0.717, 1.165) is 19.3 Å². The summed E-state index contributed by atoms with van der Waals surface area (Å²) in [5, 5.41) is 21.1. The highest BCUT2D eigenvalue weighted by Gasteiger charge is 2.41. The van der Waals surface area contributed by atoms with E-state index in [9.17, 15) is 9.18 Å². The number of hydrogen-bond acceptors (Lipinski definition) is 6. The molecule has 0 aromatic carbocycles. The molecule has 2 aliphatic rings. The van der Waals surface area contributed by atoms with Crippen LogP contribution in [0, 0.1) is 5.82 Å². The molecule has 3 heterocycles. The van der Waals surface area contributed by atoms with Crippen molar-refractivity contribution >= 4 is 11.8 Å². The minimum Gasteiger partial charge on any atom is -0.368 e. The van der Waals surface area contributed by atoms with Gasteiger partial charge in [0.1, 0.15) is 17.3 Å². The van der Waals surface area contributed by atoms with Gasteiger partial charge in [-0.1, -0.05) is 11.5 Å². The zero-order chi connectivity index (χ0) is 17.3. The summed E-state index contributed by atoms with van der Waals surface area (Å²) in [7, 11) is 0. The third-order valence-corrected chi connectivity index (χ3v) is 4.67. The second-order valence-corrected chi connectivity index (χ2v) is 6.23. The molecule has 1 atom stereocenters. The zero-order valence-corrected chi connectivity index (χ0v) is 13.3. The van der Waals surface area contributed by atoms with Crippen molar-refractivity contribution in [2.75, 3.05) is 11.9 Å². The van der Waals surface area contributed by atoms with Crippen LogP contribution < -0.4 is 10.6 Å². The maximum atomic E-state index is 14.1. The Morgan fingerprint density at radius 2 is 2.16 bits per heavy atom. The molecule has 2 aromatic heterocycles. The number of urea groups is 1. The Balaban J connectivity index is 1.45. The van der Waals surface area contributed by atoms with Crippen LogP contribution in [0.25, 0.3) is 0 Å². The number of anilines is 1. The molecule has 25 heavy (non-hydrogen) atoms. The summed E-state index contributed by atoms with van der Waals surface area (Å²) in [5.74, 6) is 0.306. The van der Waals surface area contributed by atoms with Gasteiger partial charge in [-0.05, 0) is 37.1 Å². The highest BCUT2D eigenvalue weighted by Crippen LogP contribution is 2.43. The zero-order valence-electron chi connectivity index (χ0n) is 13.3. The van der Waals surface area contributed by atoms with Crippen molar-refractivity contribution in [1.82, 2.24) is 20.5 Å². The van der Waals surface area contributed by atoms with Crippen molar-refractivity contribution in [2.24, 2.45) is 10.2 Å². The second kappa shape index (κ2) is 6.15. The van der Waals surface area contributed by atoms with Gasteiger partial charge in [0.2, 0.25) is 0 Å². The highest BCUT2D eigenvalue weighted by molar-refractivity contribution is 5.76. The van der Waals surface area contributed by atoms with Crippen LogP contribution in [0.15, 0.2) is 40.7 Å². The molecule has 8 nitrogen and oxygen atoms in total. The van der Waals surface area contributed by atoms with E-state index in [1.54, 1.807) is 24.4 Å². The molecule has 128 valence electrons. The fourth-order valence-corrected chi connectivity index (χ4v) is 3.14. The number of nitrogens with zero attached hydrogens (tertiary/aromatic N) is 5. The van der Waals surface area contributed by atoms with Crippen molar-refractivity contribution < 1.29 is 9.18 Å². The van der Waals surface area contributed by atoms with Gasteiger partial charge < -0.3 is 10.6 Å². The topological polar surface area (TPSA) is 105 Å². The maximum absolute atomic E-state index is 14.1. The van der Waals surface area contributed by atoms with Gasteiger partial charge in [0, 0.05) is 18.2 Å². The minimum absolute atomic E-state index is 0.271. The lowest BCUT2D eigenvalue weighted by atomic mass is 9.66. The van der Waals surface area contributed by atoms with Crippen LogP contribution in [0.4, 0.5) is 15.0 Å². The third kappa shape index (κ3) is 2.92. The number of carbonyl (C=O) groups excluding carboxylic acids is 1. The Kier molecular flexibility index (Phi) is 3.83. The number of azo groups is 1. The van der Waals surface area contributed by atoms with Gasteiger partial charge in [-0.15, -0.1) is 10.2 Å². The van der Waals surface area contributed by atoms with E-state index in [-0.39, 0.29) is 11.2 Å². The molecule has 1 fully saturated rings. The molecule has 0 saturated heterocycles. The molecule has 2 aromatic rings. The van der Waals surface area contributed by atoms with Gasteiger partial charge in [-0.3, -0.25) is 4.98 Å². The van der Waals surface area contributed by atoms with Crippen LogP contribution >= 0.6 is 0 Å². The molecule has 2 N–H and O–H groups in total. The molecule has 0 radical (unpaired) electrons. The molecular weight excluding hydrogens is 325 g/mol. The summed E-state index contributed by atoms with van der Waals surface area (Å²) in [6.07, 6.45) is 3.85. The normalized spacial score (nSPS) is 20.8. The molecule has 2 amide bonds. The Morgan fingerprint density at radius 1 is 1.28 bits per heavy atom. The smallest absolute Gasteiger partial charge is 0.361 e. The third-order valence-electron chi connectivity index (χ3n) is 4.67. The van der Waals surface area contributed by atoms with Gasteiger partial charge in [-0.2, -0.15) is 5.11 Å². The predicted octanol–water partition coefficient (Wildman–Crippen LogP) is 2.72. The fraction of sp³-hybridized carbons (Fsp3) is 0.375. The summed E-state index contributed by atoms with van der Waals surface area (Å²) in [6.45, 7) is 0.537. The van der Waals surface area contributed by atoms with Gasteiger partial charge >= 0.3 is 6.03 Å². The first-order chi connectivity index (χ1) is 12.2. The van der Waals surface area contributed by atoms with Gasteiger partial charge in [0.15, 0.2) is 6.17 Å². The molecule has 0 spiro atoms. The first-order valence-corrected chi connectivity index (χ1v) is 8.06. The lowest BCUT2D eigenvalue weighted by Crippen LogP contribution is -2.42. The Morgan fingerprint density at radius 3 is 2.76 bits per heavy atom. The average Bonchev–Trinajstić information content (AvgIpc) is 3.02. The summed E-state index contributed by atoms with van der Waals surface area (Å²) >= 11 is 0. The molecule has 1 aliphatic carbocycles. The van der Waals surface area contributed by atoms with Crippen LogP contribution in [0.2, 0.25) is 0 Å². The molecular formula is C16H16FN7O. The number of pyridine rings is 1. The molecule has 4 rings (SSSR count). The van der Waals surface area contributed by atoms with E-state index in [2.05, 4.69) is 36.0 Å². The summed E-state index contributed by atoms with van der Waals surface area (Å²) < 4.78 is 14.1. The molecule has 1 saturated carbocycles. The maximum Gasteiger partial charge on any atom is 0.361 e. The minimum atomic E-state index is -0.588. The monoisotopic (exact) mass is 341 g/mol. The molecule has 1 unspecified atom stereocenters. The second-order valence-electron chi connectivity index (χ2n) is 6.23. The standard InChI is InChI=1S/C16H16FN7O/c17-10-3-1-8-18-13(10)16(6-2-7-16)9-19-12-5-4-11(21-22-12)14-20-15(25)24-23-14/h1,3-5,8,14H,2,6-7,9H2,(H,19,22)(H,20,25). The Labute approximate surface area is 143 Å². The first kappa shape index (κ1) is 15.6. The summed E-state index contributed by atoms with van der Waals surface area (Å²) in [6, 6.07) is 6.03. The summed E-state index contributed by atoms with van der Waals surface area (Å²) in [4.78, 5) is 15.3. The number of nitrogens with one attached hydrogen (secondary N) is 2. The van der Waals surface area contributed by atoms with E-state index < -0.39 is 12.2 Å². The van der Waals surface area contributed by atoms with E-state index in [1.807, 2.05) is 0 Å². The number of halogens is 1. The van der Waals surface area contributed by atoms with Gasteiger partial charge in [-0.25, -0.2) is 9.18 Å². The van der Waals surface area contributed by atoms with E-state index in [1.165, 1.54) is 6.07 Å². The van der Waals surface area contributed by atoms with E-state index in [4.69, 9.17) is 0 Å². The first-order valence-electron chi connectivity index (χ1n) is 8.06. The largest absolute Gasteiger partial charge is 0.368 e. The highest BCUT2D eigenvalue weighted by atomic mass is 19.1. The molecule has 0 bridgehead atoms. The lowest BCUT2D eigenvalue weighted by Gasteiger charge is -2.41. The van der Waals surface area contributed by atoms with Gasteiger partial charge in [0.25, 0.3) is 0 Å². The Hall–Kier alpha value is -2.97. The van der Waals surface area contributed by atoms with Crippen molar-refractivity contribution in [3.05, 3.63) is 47.7 Å². The van der Waals surface area contributed by atoms with Crippen LogP contribution in [0.1, 0.15) is 36.8 Å². The number of rotatable bonds is 5. The van der Waals surface area contributed by atoms with Gasteiger partial charge in [0.05, 0.1) is 5.69 Å². The SMILES string of the molecule is O=C1N=NC(c2ccc(NCC3(c4ncccc4F)CCC3)nn2)N1. The van der Waals surface area contributed by atoms with Crippen LogP contribution in [0.3, 0.4) is 0 Å². The number of hydrogen-bond donors (Lipinski definition) is 2. The number of amides is 2. The Bertz CT molecular complexity index is 819. The molecule has 1 aliphatic heterocycles.